The summed E-state index contributed by atoms with van der Waals surface area (Å²) in [5.41, 5.74) is 18.5. The Hall–Kier alpha value is -9.32. The van der Waals surface area contributed by atoms with Crippen LogP contribution >= 0.6 is 0 Å². The molecule has 0 atom stereocenters. The number of aromatic nitrogens is 4. The summed E-state index contributed by atoms with van der Waals surface area (Å²) in [4.78, 5) is 20.4. The van der Waals surface area contributed by atoms with Crippen LogP contribution in [-0.2, 0) is 5.41 Å². The van der Waals surface area contributed by atoms with E-state index in [1.54, 1.807) is 0 Å². The van der Waals surface area contributed by atoms with Gasteiger partial charge in [-0.25, -0.2) is 19.9 Å². The topological polar surface area (TPSA) is 64.7 Å². The summed E-state index contributed by atoms with van der Waals surface area (Å²) in [5.74, 6) is 2.44. The predicted molar refractivity (Wildman–Crippen MR) is 283 cm³/mol. The summed E-state index contributed by atoms with van der Waals surface area (Å²) < 4.78 is 6.52. The van der Waals surface area contributed by atoms with Crippen LogP contribution < -0.4 is 0 Å². The van der Waals surface area contributed by atoms with Crippen LogP contribution in [0.15, 0.2) is 259 Å². The molecule has 0 bridgehead atoms. The van der Waals surface area contributed by atoms with Crippen LogP contribution in [0.3, 0.4) is 0 Å². The van der Waals surface area contributed by atoms with E-state index >= 15 is 0 Å². The number of hydrogen-bond donors (Lipinski definition) is 0. The van der Waals surface area contributed by atoms with Crippen LogP contribution in [-0.4, -0.2) is 19.9 Å². The van der Waals surface area contributed by atoms with Crippen molar-refractivity contribution in [3.8, 4) is 90.1 Å². The van der Waals surface area contributed by atoms with Gasteiger partial charge in [-0.2, -0.15) is 0 Å². The molecule has 0 spiro atoms. The lowest BCUT2D eigenvalue weighted by atomic mass is 9.67. The van der Waals surface area contributed by atoms with E-state index in [0.717, 1.165) is 77.9 Å². The van der Waals surface area contributed by atoms with Gasteiger partial charge >= 0.3 is 0 Å². The second kappa shape index (κ2) is 17.1. The lowest BCUT2D eigenvalue weighted by Gasteiger charge is -2.34. The summed E-state index contributed by atoms with van der Waals surface area (Å²) >= 11 is 0. The van der Waals surface area contributed by atoms with Crippen molar-refractivity contribution in [3.63, 3.8) is 0 Å². The van der Waals surface area contributed by atoms with Gasteiger partial charge in [0.05, 0.1) is 5.41 Å². The Morgan fingerprint density at radius 3 is 1.24 bits per heavy atom. The quantitative estimate of drug-likeness (QED) is 0.144. The van der Waals surface area contributed by atoms with Crippen LogP contribution in [0.1, 0.15) is 22.3 Å². The van der Waals surface area contributed by atoms with Crippen molar-refractivity contribution in [3.05, 3.63) is 277 Å². The van der Waals surface area contributed by atoms with Crippen molar-refractivity contribution in [1.82, 2.24) is 19.9 Å². The Balaban J connectivity index is 0.909. The van der Waals surface area contributed by atoms with E-state index in [1.807, 2.05) is 42.5 Å². The van der Waals surface area contributed by atoms with Gasteiger partial charge in [0.15, 0.2) is 23.1 Å². The summed E-state index contributed by atoms with van der Waals surface area (Å²) in [7, 11) is 0. The molecule has 0 aliphatic heterocycles. The molecule has 5 heteroatoms. The van der Waals surface area contributed by atoms with Crippen molar-refractivity contribution in [2.24, 2.45) is 0 Å². The minimum absolute atomic E-state index is 0.604. The molecule has 5 nitrogen and oxygen atoms in total. The van der Waals surface area contributed by atoms with E-state index in [0.29, 0.717) is 23.4 Å². The molecular weight excluding hydrogens is 853 g/mol. The van der Waals surface area contributed by atoms with E-state index < -0.39 is 5.41 Å². The van der Waals surface area contributed by atoms with Gasteiger partial charge in [0.25, 0.3) is 0 Å². The smallest absolute Gasteiger partial charge is 0.227 e. The lowest BCUT2D eigenvalue weighted by molar-refractivity contribution is 0.618. The SMILES string of the molecule is c1ccc(-c2ccc(-c3nc(-c4cccc(-c5ccccc5)c4)nc(-c4cccc(-c5ccc(C6(c7ccc8nc(-c9ccccc9)oc8c7)c7ccccc7-c7ccccc76)cc5)c4)n3)cc2)cc1. The molecule has 0 fully saturated rings. The first-order chi connectivity index (χ1) is 34.7. The zero-order valence-electron chi connectivity index (χ0n) is 37.9. The normalized spacial score (nSPS) is 12.4. The van der Waals surface area contributed by atoms with Crippen LogP contribution in [0.25, 0.3) is 101 Å². The molecule has 0 radical (unpaired) electrons. The Kier molecular flexibility index (Phi) is 9.98. The van der Waals surface area contributed by atoms with E-state index in [1.165, 1.54) is 22.3 Å². The van der Waals surface area contributed by atoms with E-state index in [2.05, 4.69) is 212 Å². The molecule has 0 amide bonds. The highest BCUT2D eigenvalue weighted by Crippen LogP contribution is 2.56. The maximum absolute atomic E-state index is 6.52. The summed E-state index contributed by atoms with van der Waals surface area (Å²) in [6, 6.07) is 89.5. The molecule has 2 aromatic heterocycles. The number of rotatable bonds is 9. The average molecular weight is 895 g/mol. The molecule has 13 rings (SSSR count). The van der Waals surface area contributed by atoms with Gasteiger partial charge in [-0.15, -0.1) is 0 Å². The predicted octanol–water partition coefficient (Wildman–Crippen LogP) is 16.0. The minimum atomic E-state index is -0.615. The van der Waals surface area contributed by atoms with Crippen LogP contribution in [0.5, 0.6) is 0 Å². The summed E-state index contributed by atoms with van der Waals surface area (Å²) in [6.07, 6.45) is 0. The number of fused-ring (bicyclic) bond motifs is 4. The first-order valence-electron chi connectivity index (χ1n) is 23.6. The molecule has 2 heterocycles. The molecule has 12 aromatic rings. The maximum atomic E-state index is 6.52. The third kappa shape index (κ3) is 7.11. The van der Waals surface area contributed by atoms with E-state index in [9.17, 15) is 0 Å². The third-order valence-corrected chi connectivity index (χ3v) is 13.7. The molecule has 70 heavy (non-hydrogen) atoms. The maximum Gasteiger partial charge on any atom is 0.227 e. The molecule has 1 aliphatic carbocycles. The molecule has 328 valence electrons. The van der Waals surface area contributed by atoms with Crippen LogP contribution in [0, 0.1) is 0 Å². The zero-order chi connectivity index (χ0) is 46.4. The molecule has 0 saturated carbocycles. The highest BCUT2D eigenvalue weighted by Gasteiger charge is 2.46. The van der Waals surface area contributed by atoms with Gasteiger partial charge in [0.2, 0.25) is 5.89 Å². The lowest BCUT2D eigenvalue weighted by Crippen LogP contribution is -2.28. The monoisotopic (exact) mass is 894 g/mol. The Labute approximate surface area is 406 Å². The van der Waals surface area contributed by atoms with Gasteiger partial charge in [-0.1, -0.05) is 218 Å². The molecular formula is C65H42N4O. The van der Waals surface area contributed by atoms with Gasteiger partial charge < -0.3 is 4.42 Å². The fourth-order valence-corrected chi connectivity index (χ4v) is 10.3. The Morgan fingerprint density at radius 1 is 0.271 bits per heavy atom. The molecule has 10 aromatic carbocycles. The van der Waals surface area contributed by atoms with Crippen LogP contribution in [0.2, 0.25) is 0 Å². The van der Waals surface area contributed by atoms with Gasteiger partial charge in [-0.3, -0.25) is 0 Å². The molecule has 0 saturated heterocycles. The molecule has 0 N–H and O–H groups in total. The zero-order valence-corrected chi connectivity index (χ0v) is 37.9. The van der Waals surface area contributed by atoms with Crippen LogP contribution in [0.4, 0.5) is 0 Å². The van der Waals surface area contributed by atoms with E-state index in [4.69, 9.17) is 24.4 Å². The second-order valence-electron chi connectivity index (χ2n) is 17.8. The van der Waals surface area contributed by atoms with Crippen molar-refractivity contribution in [1.29, 1.82) is 0 Å². The number of benzene rings is 10. The van der Waals surface area contributed by atoms with Gasteiger partial charge in [0, 0.05) is 22.3 Å². The fraction of sp³-hybridized carbons (Fsp3) is 0.0154. The number of hydrogen-bond acceptors (Lipinski definition) is 5. The Morgan fingerprint density at radius 2 is 0.671 bits per heavy atom. The highest BCUT2D eigenvalue weighted by molar-refractivity contribution is 5.88. The van der Waals surface area contributed by atoms with Crippen molar-refractivity contribution in [2.75, 3.05) is 0 Å². The standard InChI is InChI=1S/C65H42N4O/c1-4-16-43(17-5-1)45-30-32-47(33-31-45)61-67-62(51-24-14-22-49(40-51)44-18-6-2-7-19-44)69-63(68-61)52-25-15-23-50(41-52)46-34-36-53(37-35-46)65(57-28-12-10-26-55(57)56-27-11-13-29-58(56)65)54-38-39-59-60(42-54)70-64(66-59)48-20-8-3-9-21-48/h1-42H. The largest absolute Gasteiger partial charge is 0.436 e. The van der Waals surface area contributed by atoms with Crippen molar-refractivity contribution < 1.29 is 4.42 Å². The van der Waals surface area contributed by atoms with Crippen molar-refractivity contribution in [2.45, 2.75) is 5.41 Å². The highest BCUT2D eigenvalue weighted by atomic mass is 16.3. The summed E-state index contributed by atoms with van der Waals surface area (Å²) in [5, 5.41) is 0. The third-order valence-electron chi connectivity index (χ3n) is 13.7. The second-order valence-corrected chi connectivity index (χ2v) is 17.8. The number of oxazole rings is 1. The Bertz CT molecular complexity index is 3820. The van der Waals surface area contributed by atoms with E-state index in [-0.39, 0.29) is 0 Å². The summed E-state index contributed by atoms with van der Waals surface area (Å²) in [6.45, 7) is 0. The molecule has 0 unspecified atom stereocenters. The number of nitrogens with zero attached hydrogens (tertiary/aromatic N) is 4. The molecule has 1 aliphatic rings. The van der Waals surface area contributed by atoms with Crippen molar-refractivity contribution >= 4 is 11.1 Å². The first-order valence-corrected chi connectivity index (χ1v) is 23.6. The minimum Gasteiger partial charge on any atom is -0.436 e. The van der Waals surface area contributed by atoms with Gasteiger partial charge in [0.1, 0.15) is 5.52 Å². The first kappa shape index (κ1) is 40.9. The average Bonchev–Trinajstić information content (AvgIpc) is 4.02. The fourth-order valence-electron chi connectivity index (χ4n) is 10.3. The van der Waals surface area contributed by atoms with Gasteiger partial charge in [-0.05, 0) is 103 Å².